The molecule has 0 fully saturated rings. The van der Waals surface area contributed by atoms with Gasteiger partial charge in [-0.3, -0.25) is 19.2 Å². The molecule has 0 atom stereocenters. The number of ether oxygens (including phenoxy) is 3. The number of carbonyl (C=O) groups excluding carboxylic acids is 1. The maximum absolute atomic E-state index is 13.3. The van der Waals surface area contributed by atoms with Crippen molar-refractivity contribution in [3.63, 3.8) is 0 Å². The van der Waals surface area contributed by atoms with Gasteiger partial charge in [0.1, 0.15) is 23.7 Å². The van der Waals surface area contributed by atoms with E-state index in [0.717, 1.165) is 10.4 Å². The van der Waals surface area contributed by atoms with Gasteiger partial charge in [-0.05, 0) is 44.2 Å². The van der Waals surface area contributed by atoms with Gasteiger partial charge in [-0.25, -0.2) is 8.42 Å². The number of benzene rings is 2. The van der Waals surface area contributed by atoms with E-state index >= 15 is 0 Å². The number of nitrogens with zero attached hydrogens (tertiary/aromatic N) is 2. The third-order valence-corrected chi connectivity index (χ3v) is 5.72. The van der Waals surface area contributed by atoms with Crippen LogP contribution in [0, 0.1) is 10.1 Å². The molecule has 2 aromatic carbocycles. The van der Waals surface area contributed by atoms with E-state index in [2.05, 4.69) is 0 Å². The van der Waals surface area contributed by atoms with Gasteiger partial charge in [-0.2, -0.15) is 0 Å². The van der Waals surface area contributed by atoms with Crippen LogP contribution in [-0.2, 0) is 19.6 Å². The molecule has 0 saturated heterocycles. The van der Waals surface area contributed by atoms with Crippen LogP contribution in [0.5, 0.6) is 11.5 Å². The second-order valence-corrected chi connectivity index (χ2v) is 7.70. The van der Waals surface area contributed by atoms with Crippen LogP contribution in [0.3, 0.4) is 0 Å². The first-order valence-corrected chi connectivity index (χ1v) is 10.4. The number of rotatable bonds is 10. The van der Waals surface area contributed by atoms with Crippen LogP contribution < -0.4 is 13.8 Å². The summed E-state index contributed by atoms with van der Waals surface area (Å²) in [5.41, 5.74) is -0.518. The summed E-state index contributed by atoms with van der Waals surface area (Å²) in [4.78, 5) is 22.5. The fourth-order valence-electron chi connectivity index (χ4n) is 2.61. The number of hydrogen-bond acceptors (Lipinski definition) is 8. The molecule has 11 heteroatoms. The van der Waals surface area contributed by atoms with Crippen molar-refractivity contribution in [1.29, 1.82) is 0 Å². The summed E-state index contributed by atoms with van der Waals surface area (Å²) >= 11 is 0. The highest BCUT2D eigenvalue weighted by molar-refractivity contribution is 7.92. The van der Waals surface area contributed by atoms with Crippen molar-refractivity contribution in [1.82, 2.24) is 0 Å². The molecule has 0 unspecified atom stereocenters. The molecule has 10 nitrogen and oxygen atoms in total. The number of hydrogen-bond donors (Lipinski definition) is 0. The van der Waals surface area contributed by atoms with Crippen LogP contribution in [-0.4, -0.2) is 46.2 Å². The topological polar surface area (TPSA) is 125 Å². The summed E-state index contributed by atoms with van der Waals surface area (Å²) in [7, 11) is -3.01. The molecular weight excluding hydrogens is 416 g/mol. The van der Waals surface area contributed by atoms with Crippen LogP contribution in [0.15, 0.2) is 47.4 Å². The maximum atomic E-state index is 13.3. The predicted octanol–water partition coefficient (Wildman–Crippen LogP) is 2.76. The van der Waals surface area contributed by atoms with Gasteiger partial charge < -0.3 is 14.2 Å². The molecule has 0 aliphatic heterocycles. The molecule has 162 valence electrons. The smallest absolute Gasteiger partial charge is 0.326 e. The van der Waals surface area contributed by atoms with Gasteiger partial charge >= 0.3 is 5.97 Å². The summed E-state index contributed by atoms with van der Waals surface area (Å²) in [6, 6.07) is 9.07. The molecule has 0 radical (unpaired) electrons. The molecule has 2 aromatic rings. The van der Waals surface area contributed by atoms with Crippen molar-refractivity contribution < 1.29 is 32.3 Å². The summed E-state index contributed by atoms with van der Waals surface area (Å²) in [5.74, 6) is -0.304. The third-order valence-electron chi connectivity index (χ3n) is 3.94. The first-order chi connectivity index (χ1) is 14.2. The standard InChI is InChI=1S/C19H22N2O8S/c1-4-28-15-7-9-16(10-8-15)30(25,26)20(13-19(22)29-5-2)17-12-14(21(23)24)6-11-18(17)27-3/h6-12H,4-5,13H2,1-3H3. The summed E-state index contributed by atoms with van der Waals surface area (Å²) in [5, 5.41) is 11.2. The lowest BCUT2D eigenvalue weighted by Gasteiger charge is -2.25. The number of carbonyl (C=O) groups is 1. The van der Waals surface area contributed by atoms with E-state index in [0.29, 0.717) is 12.4 Å². The van der Waals surface area contributed by atoms with Crippen molar-refractivity contribution in [3.8, 4) is 11.5 Å². The van der Waals surface area contributed by atoms with Crippen LogP contribution in [0.4, 0.5) is 11.4 Å². The van der Waals surface area contributed by atoms with E-state index in [4.69, 9.17) is 14.2 Å². The van der Waals surface area contributed by atoms with Crippen molar-refractivity contribution in [3.05, 3.63) is 52.6 Å². The van der Waals surface area contributed by atoms with Gasteiger partial charge in [0.05, 0.1) is 30.1 Å². The maximum Gasteiger partial charge on any atom is 0.326 e. The lowest BCUT2D eigenvalue weighted by molar-refractivity contribution is -0.384. The summed E-state index contributed by atoms with van der Waals surface area (Å²) < 4.78 is 42.8. The molecule has 0 aliphatic rings. The van der Waals surface area contributed by atoms with Gasteiger partial charge in [0.2, 0.25) is 0 Å². The van der Waals surface area contributed by atoms with E-state index in [1.54, 1.807) is 13.8 Å². The van der Waals surface area contributed by atoms with Gasteiger partial charge in [0, 0.05) is 12.1 Å². The second kappa shape index (κ2) is 9.92. The highest BCUT2D eigenvalue weighted by Crippen LogP contribution is 2.35. The SMILES string of the molecule is CCOC(=O)CN(c1cc([N+](=O)[O-])ccc1OC)S(=O)(=O)c1ccc(OCC)cc1. The average molecular weight is 438 g/mol. The Morgan fingerprint density at radius 3 is 2.30 bits per heavy atom. The molecule has 0 heterocycles. The summed E-state index contributed by atoms with van der Waals surface area (Å²) in [6.45, 7) is 3.13. The average Bonchev–Trinajstić information content (AvgIpc) is 2.72. The number of anilines is 1. The molecule has 0 spiro atoms. The Kier molecular flexibility index (Phi) is 7.59. The van der Waals surface area contributed by atoms with Gasteiger partial charge in [0.15, 0.2) is 0 Å². The molecule has 0 aromatic heterocycles. The number of nitro benzene ring substituents is 1. The Morgan fingerprint density at radius 1 is 1.10 bits per heavy atom. The third kappa shape index (κ3) is 5.17. The van der Waals surface area contributed by atoms with Gasteiger partial charge in [-0.15, -0.1) is 0 Å². The van der Waals surface area contributed by atoms with Crippen LogP contribution in [0.1, 0.15) is 13.8 Å². The van der Waals surface area contributed by atoms with Crippen molar-refractivity contribution >= 4 is 27.4 Å². The first-order valence-electron chi connectivity index (χ1n) is 8.98. The normalized spacial score (nSPS) is 10.9. The lowest BCUT2D eigenvalue weighted by Crippen LogP contribution is -2.37. The largest absolute Gasteiger partial charge is 0.495 e. The Labute approximate surface area is 174 Å². The number of sulfonamides is 1. The fourth-order valence-corrected chi connectivity index (χ4v) is 4.02. The molecule has 0 amide bonds. The molecule has 2 rings (SSSR count). The van der Waals surface area contributed by atoms with Crippen LogP contribution in [0.2, 0.25) is 0 Å². The number of esters is 1. The van der Waals surface area contributed by atoms with Crippen molar-refractivity contribution in [2.75, 3.05) is 31.2 Å². The minimum absolute atomic E-state index is 0.0411. The zero-order valence-corrected chi connectivity index (χ0v) is 17.5. The fraction of sp³-hybridized carbons (Fsp3) is 0.316. The monoisotopic (exact) mass is 438 g/mol. The first kappa shape index (κ1) is 22.9. The van der Waals surface area contributed by atoms with E-state index < -0.39 is 27.5 Å². The Morgan fingerprint density at radius 2 is 1.77 bits per heavy atom. The zero-order valence-electron chi connectivity index (χ0n) is 16.7. The molecule has 0 N–H and O–H groups in total. The number of non-ortho nitro benzene ring substituents is 1. The van der Waals surface area contributed by atoms with E-state index in [-0.39, 0.29) is 28.6 Å². The Hall–Kier alpha value is -3.34. The quantitative estimate of drug-likeness (QED) is 0.315. The van der Waals surface area contributed by atoms with Crippen LogP contribution >= 0.6 is 0 Å². The van der Waals surface area contributed by atoms with E-state index in [1.807, 2.05) is 0 Å². The van der Waals surface area contributed by atoms with E-state index in [9.17, 15) is 23.3 Å². The van der Waals surface area contributed by atoms with Crippen molar-refractivity contribution in [2.45, 2.75) is 18.7 Å². The minimum atomic E-state index is -4.30. The Bertz CT molecular complexity index is 1010. The highest BCUT2D eigenvalue weighted by Gasteiger charge is 2.31. The second-order valence-electron chi connectivity index (χ2n) is 5.83. The van der Waals surface area contributed by atoms with Crippen LogP contribution in [0.25, 0.3) is 0 Å². The highest BCUT2D eigenvalue weighted by atomic mass is 32.2. The molecular formula is C19H22N2O8S. The number of nitro groups is 1. The predicted molar refractivity (Wildman–Crippen MR) is 108 cm³/mol. The lowest BCUT2D eigenvalue weighted by atomic mass is 10.2. The number of methoxy groups -OCH3 is 1. The van der Waals surface area contributed by atoms with E-state index in [1.165, 1.54) is 43.5 Å². The zero-order chi connectivity index (χ0) is 22.3. The molecule has 0 aliphatic carbocycles. The minimum Gasteiger partial charge on any atom is -0.495 e. The van der Waals surface area contributed by atoms with Gasteiger partial charge in [0.25, 0.3) is 15.7 Å². The van der Waals surface area contributed by atoms with Crippen molar-refractivity contribution in [2.24, 2.45) is 0 Å². The summed E-state index contributed by atoms with van der Waals surface area (Å²) in [6.07, 6.45) is 0. The Balaban J connectivity index is 2.61. The molecule has 30 heavy (non-hydrogen) atoms. The van der Waals surface area contributed by atoms with Gasteiger partial charge in [-0.1, -0.05) is 0 Å². The molecule has 0 bridgehead atoms. The molecule has 0 saturated carbocycles.